The zero-order chi connectivity index (χ0) is 24.4. The molecule has 0 unspecified atom stereocenters. The number of benzene rings is 1. The molecule has 3 aromatic rings. The van der Waals surface area contributed by atoms with Crippen LogP contribution in [-0.2, 0) is 22.6 Å². The van der Waals surface area contributed by atoms with Crippen molar-refractivity contribution >= 4 is 23.4 Å². The first-order valence-electron chi connectivity index (χ1n) is 10.5. The number of carbonyl (C=O) groups excluding carboxylic acids is 1. The molecule has 1 aliphatic rings. The molecule has 2 aromatic heterocycles. The number of aryl methyl sites for hydroxylation is 1. The van der Waals surface area contributed by atoms with E-state index in [9.17, 15) is 9.18 Å². The van der Waals surface area contributed by atoms with Crippen molar-refractivity contribution in [2.24, 2.45) is 0 Å². The lowest BCUT2D eigenvalue weighted by molar-refractivity contribution is -0.117. The van der Waals surface area contributed by atoms with Crippen LogP contribution in [0.3, 0.4) is 0 Å². The number of anilines is 3. The van der Waals surface area contributed by atoms with Crippen LogP contribution >= 0.6 is 0 Å². The number of nitrogens with one attached hydrogen (secondary N) is 2. The normalized spacial score (nSPS) is 14.9. The van der Waals surface area contributed by atoms with Crippen LogP contribution in [0.25, 0.3) is 0 Å². The van der Waals surface area contributed by atoms with Gasteiger partial charge in [0.15, 0.2) is 11.9 Å². The largest absolute Gasteiger partial charge is 0.499 e. The molecule has 11 heteroatoms. The molecule has 4 rings (SSSR count). The van der Waals surface area contributed by atoms with E-state index in [0.29, 0.717) is 47.7 Å². The van der Waals surface area contributed by atoms with E-state index in [0.717, 1.165) is 11.1 Å². The second kappa shape index (κ2) is 9.38. The third kappa shape index (κ3) is 4.63. The highest BCUT2D eigenvalue weighted by atomic mass is 19.1. The van der Waals surface area contributed by atoms with Crippen LogP contribution in [0.15, 0.2) is 42.9 Å². The number of methoxy groups -OCH3 is 2. The van der Waals surface area contributed by atoms with E-state index in [4.69, 9.17) is 9.47 Å². The van der Waals surface area contributed by atoms with Gasteiger partial charge in [-0.05, 0) is 24.6 Å². The Balaban J connectivity index is 1.47. The summed E-state index contributed by atoms with van der Waals surface area (Å²) < 4.78 is 25.8. The van der Waals surface area contributed by atoms with Crippen molar-refractivity contribution in [2.45, 2.75) is 26.1 Å². The van der Waals surface area contributed by atoms with Crippen LogP contribution in [-0.4, -0.2) is 53.0 Å². The maximum Gasteiger partial charge on any atom is 0.255 e. The van der Waals surface area contributed by atoms with Crippen molar-refractivity contribution < 1.29 is 18.7 Å². The maximum absolute atomic E-state index is 13.7. The molecule has 0 saturated heterocycles. The lowest BCUT2D eigenvalue weighted by Crippen LogP contribution is -2.48. The van der Waals surface area contributed by atoms with E-state index >= 15 is 0 Å². The van der Waals surface area contributed by atoms with Crippen LogP contribution in [0.2, 0.25) is 0 Å². The quantitative estimate of drug-likeness (QED) is 0.487. The Labute approximate surface area is 196 Å². The molecule has 10 nitrogen and oxygen atoms in total. The summed E-state index contributed by atoms with van der Waals surface area (Å²) in [6.45, 7) is 6.45. The van der Waals surface area contributed by atoms with E-state index < -0.39 is 6.04 Å². The molecule has 0 radical (unpaired) electrons. The monoisotopic (exact) mass is 467 g/mol. The number of likely N-dealkylation sites (N-methyl/N-ethyl adjacent to an activating group) is 1. The smallest absolute Gasteiger partial charge is 0.255 e. The molecule has 2 N–H and O–H groups in total. The summed E-state index contributed by atoms with van der Waals surface area (Å²) in [5.41, 5.74) is 2.82. The van der Waals surface area contributed by atoms with Gasteiger partial charge in [-0.2, -0.15) is 10.1 Å². The molecular weight excluding hydrogens is 441 g/mol. The Morgan fingerprint density at radius 1 is 1.26 bits per heavy atom. The predicted molar refractivity (Wildman–Crippen MR) is 125 cm³/mol. The van der Waals surface area contributed by atoms with Gasteiger partial charge in [0.1, 0.15) is 23.0 Å². The minimum atomic E-state index is -0.695. The number of hydrogen-bond acceptors (Lipinski definition) is 8. The summed E-state index contributed by atoms with van der Waals surface area (Å²) in [5.74, 6) is 1.14. The van der Waals surface area contributed by atoms with Crippen LogP contribution < -0.4 is 20.3 Å². The number of halogens is 1. The Hall–Kier alpha value is -4.15. The molecule has 0 fully saturated rings. The molecule has 0 bridgehead atoms. The average Bonchev–Trinajstić information content (AvgIpc) is 3.25. The summed E-state index contributed by atoms with van der Waals surface area (Å²) in [7, 11) is 4.73. The number of hydrogen-bond donors (Lipinski definition) is 2. The lowest BCUT2D eigenvalue weighted by atomic mass is 10.1. The number of fused-ring (bicyclic) bond motifs is 1. The second-order valence-electron chi connectivity index (χ2n) is 7.90. The number of carbonyl (C=O) groups is 1. The van der Waals surface area contributed by atoms with Crippen molar-refractivity contribution in [3.63, 3.8) is 0 Å². The molecule has 1 aliphatic heterocycles. The van der Waals surface area contributed by atoms with Gasteiger partial charge in [-0.15, -0.1) is 0 Å². The fraction of sp³-hybridized carbons (Fsp3) is 0.304. The van der Waals surface area contributed by atoms with Gasteiger partial charge in [-0.1, -0.05) is 6.58 Å². The van der Waals surface area contributed by atoms with Crippen molar-refractivity contribution in [3.05, 3.63) is 65.6 Å². The molecule has 178 valence electrons. The van der Waals surface area contributed by atoms with Crippen molar-refractivity contribution in [3.8, 4) is 5.75 Å². The topological polar surface area (TPSA) is 106 Å². The molecule has 0 spiro atoms. The fourth-order valence-electron chi connectivity index (χ4n) is 3.78. The van der Waals surface area contributed by atoms with Gasteiger partial charge in [-0.25, -0.2) is 9.37 Å². The summed E-state index contributed by atoms with van der Waals surface area (Å²) >= 11 is 0. The highest BCUT2D eigenvalue weighted by Crippen LogP contribution is 2.34. The summed E-state index contributed by atoms with van der Waals surface area (Å²) in [4.78, 5) is 23.3. The van der Waals surface area contributed by atoms with Crippen LogP contribution in [0.4, 0.5) is 21.8 Å². The van der Waals surface area contributed by atoms with Gasteiger partial charge in [-0.3, -0.25) is 9.48 Å². The molecule has 0 aliphatic carbocycles. The molecule has 1 atom stereocenters. The van der Waals surface area contributed by atoms with Crippen LogP contribution in [0.1, 0.15) is 16.8 Å². The summed E-state index contributed by atoms with van der Waals surface area (Å²) in [6, 6.07) is 3.86. The van der Waals surface area contributed by atoms with E-state index in [1.807, 2.05) is 6.20 Å². The van der Waals surface area contributed by atoms with Gasteiger partial charge < -0.3 is 25.0 Å². The van der Waals surface area contributed by atoms with Gasteiger partial charge in [0.2, 0.25) is 5.95 Å². The van der Waals surface area contributed by atoms with Crippen molar-refractivity contribution in [1.29, 1.82) is 0 Å². The Kier molecular flexibility index (Phi) is 6.35. The molecule has 34 heavy (non-hydrogen) atoms. The maximum atomic E-state index is 13.7. The minimum absolute atomic E-state index is 0.252. The molecule has 0 saturated carbocycles. The molecular formula is C23H26FN7O3. The summed E-state index contributed by atoms with van der Waals surface area (Å²) in [5, 5.41) is 10.4. The number of nitrogens with zero attached hydrogens (tertiary/aromatic N) is 5. The first-order valence-corrected chi connectivity index (χ1v) is 10.5. The Morgan fingerprint density at radius 2 is 2.06 bits per heavy atom. The number of ether oxygens (including phenoxy) is 2. The summed E-state index contributed by atoms with van der Waals surface area (Å²) in [6.07, 6.45) is 3.58. The standard InChI is InChI=1S/C23H26FN7O3/c1-13-19-21(30(3)20(14(2)33-4)22(32)28-19)29-23(27-13)25-9-16-10-26-31(12-16)11-15-6-17(24)8-18(7-15)34-5/h6-8,10,12,20H,2,9,11H2,1,3-5H3,(H,28,32)(H,25,27,29)/t20-/m0/s1. The van der Waals surface area contributed by atoms with E-state index in [1.54, 1.807) is 35.8 Å². The van der Waals surface area contributed by atoms with E-state index in [-0.39, 0.29) is 11.7 Å². The Bertz CT molecular complexity index is 1240. The van der Waals surface area contributed by atoms with Crippen molar-refractivity contribution in [2.75, 3.05) is 36.8 Å². The average molecular weight is 468 g/mol. The van der Waals surface area contributed by atoms with E-state index in [1.165, 1.54) is 26.4 Å². The number of rotatable bonds is 8. The predicted octanol–water partition coefficient (Wildman–Crippen LogP) is 2.71. The van der Waals surface area contributed by atoms with Crippen LogP contribution in [0, 0.1) is 12.7 Å². The highest BCUT2D eigenvalue weighted by molar-refractivity contribution is 6.04. The minimum Gasteiger partial charge on any atom is -0.499 e. The first-order chi connectivity index (χ1) is 16.3. The SMILES string of the molecule is C=C(OC)[C@H]1C(=O)Nc2c(C)nc(NCc3cnn(Cc4cc(F)cc(OC)c4)c3)nc2N1C. The zero-order valence-corrected chi connectivity index (χ0v) is 19.4. The van der Waals surface area contributed by atoms with E-state index in [2.05, 4.69) is 32.3 Å². The fourth-order valence-corrected chi connectivity index (χ4v) is 3.78. The van der Waals surface area contributed by atoms with Crippen LogP contribution in [0.5, 0.6) is 5.75 Å². The molecule has 3 heterocycles. The van der Waals surface area contributed by atoms with Gasteiger partial charge in [0, 0.05) is 31.4 Å². The van der Waals surface area contributed by atoms with Gasteiger partial charge >= 0.3 is 0 Å². The molecule has 1 amide bonds. The van der Waals surface area contributed by atoms with Gasteiger partial charge in [0.25, 0.3) is 5.91 Å². The Morgan fingerprint density at radius 3 is 2.79 bits per heavy atom. The van der Waals surface area contributed by atoms with Crippen molar-refractivity contribution in [1.82, 2.24) is 19.7 Å². The van der Waals surface area contributed by atoms with Gasteiger partial charge in [0.05, 0.1) is 32.7 Å². The molecule has 1 aromatic carbocycles. The number of amides is 1. The lowest BCUT2D eigenvalue weighted by Gasteiger charge is -2.34. The third-order valence-electron chi connectivity index (χ3n) is 5.50. The number of aromatic nitrogens is 4. The zero-order valence-electron chi connectivity index (χ0n) is 19.4. The third-order valence-corrected chi connectivity index (χ3v) is 5.50. The first kappa shape index (κ1) is 23.0. The second-order valence-corrected chi connectivity index (χ2v) is 7.90. The highest BCUT2D eigenvalue weighted by Gasteiger charge is 2.36.